The van der Waals surface area contributed by atoms with Crippen LogP contribution in [0.2, 0.25) is 0 Å². The van der Waals surface area contributed by atoms with Gasteiger partial charge in [-0.15, -0.1) is 0 Å². The summed E-state index contributed by atoms with van der Waals surface area (Å²) in [5.41, 5.74) is 14.8. The highest BCUT2D eigenvalue weighted by Crippen LogP contribution is 2.01. The summed E-state index contributed by atoms with van der Waals surface area (Å²) in [5.74, 6) is -4.23. The average Bonchev–Trinajstić information content (AvgIpc) is 2.45. The van der Waals surface area contributed by atoms with Gasteiger partial charge < -0.3 is 42.7 Å². The SMILES string of the molecule is CC(C)C[C@H](N)C(=O)O.N[C@@H](CC(=O)O)C(=O)O.N[C@@H](CO)C(=O)O. The average molecular weight is 369 g/mol. The van der Waals surface area contributed by atoms with Gasteiger partial charge in [-0.3, -0.25) is 19.2 Å². The number of nitrogens with two attached hydrogens (primary N) is 3. The molecule has 0 heterocycles. The molecule has 0 radical (unpaired) electrons. The van der Waals surface area contributed by atoms with Crippen LogP contribution in [0.5, 0.6) is 0 Å². The van der Waals surface area contributed by atoms with Crippen molar-refractivity contribution in [1.82, 2.24) is 0 Å². The molecule has 0 aliphatic rings. The van der Waals surface area contributed by atoms with E-state index in [-0.39, 0.29) is 0 Å². The Kier molecular flexibility index (Phi) is 16.8. The third kappa shape index (κ3) is 21.7. The van der Waals surface area contributed by atoms with Crippen LogP contribution in [-0.2, 0) is 19.2 Å². The Morgan fingerprint density at radius 1 is 0.760 bits per heavy atom. The topological polar surface area (TPSA) is 247 Å². The molecule has 0 rings (SSSR count). The summed E-state index contributed by atoms with van der Waals surface area (Å²) < 4.78 is 0. The van der Waals surface area contributed by atoms with Crippen LogP contribution in [-0.4, -0.2) is 74.1 Å². The number of carbonyl (C=O) groups is 4. The zero-order valence-corrected chi connectivity index (χ0v) is 14.0. The van der Waals surface area contributed by atoms with Crippen molar-refractivity contribution in [2.45, 2.75) is 44.8 Å². The van der Waals surface area contributed by atoms with Crippen LogP contribution in [0, 0.1) is 5.92 Å². The van der Waals surface area contributed by atoms with Gasteiger partial charge in [-0.25, -0.2) is 0 Å². The van der Waals surface area contributed by atoms with Crippen molar-refractivity contribution < 1.29 is 44.7 Å². The molecule has 0 aromatic rings. The zero-order chi connectivity index (χ0) is 20.7. The minimum atomic E-state index is -1.29. The summed E-state index contributed by atoms with van der Waals surface area (Å²) in [7, 11) is 0. The largest absolute Gasteiger partial charge is 0.481 e. The molecule has 0 bridgehead atoms. The molecule has 0 aliphatic carbocycles. The molecule has 0 aliphatic heterocycles. The van der Waals surface area contributed by atoms with E-state index in [1.807, 2.05) is 13.8 Å². The molecule has 0 unspecified atom stereocenters. The van der Waals surface area contributed by atoms with Crippen LogP contribution in [0.1, 0.15) is 26.7 Å². The second-order valence-electron chi connectivity index (χ2n) is 5.24. The van der Waals surface area contributed by atoms with Crippen molar-refractivity contribution in [3.8, 4) is 0 Å². The molecule has 3 atom stereocenters. The Labute approximate surface area is 144 Å². The first-order valence-corrected chi connectivity index (χ1v) is 7.03. The number of aliphatic hydroxyl groups is 1. The minimum absolute atomic E-state index is 0.357. The first kappa shape index (κ1) is 27.6. The number of aliphatic carboxylic acids is 4. The standard InChI is InChI=1S/C6H13NO2.C4H7NO4.C3H7NO3/c1-4(2)3-5(7)6(8)9;5-2(4(8)9)1-3(6)7;4-2(1-5)3(6)7/h4-5H,3,7H2,1-2H3,(H,8,9);2H,1,5H2,(H,6,7)(H,8,9);2,5H,1,4H2,(H,6,7)/t5-;2*2-/m000/s1. The molecule has 0 amide bonds. The molecule has 0 spiro atoms. The van der Waals surface area contributed by atoms with E-state index in [0.717, 1.165) is 0 Å². The maximum atomic E-state index is 10.1. The summed E-state index contributed by atoms with van der Waals surface area (Å²) >= 11 is 0. The van der Waals surface area contributed by atoms with Gasteiger partial charge in [0.05, 0.1) is 13.0 Å². The van der Waals surface area contributed by atoms with Crippen LogP contribution in [0.4, 0.5) is 0 Å². The first-order chi connectivity index (χ1) is 11.3. The second-order valence-corrected chi connectivity index (χ2v) is 5.24. The summed E-state index contributed by atoms with van der Waals surface area (Å²) in [6.07, 6.45) is 0.0185. The maximum Gasteiger partial charge on any atom is 0.322 e. The van der Waals surface area contributed by atoms with E-state index >= 15 is 0 Å². The fourth-order valence-electron chi connectivity index (χ4n) is 0.962. The predicted molar refractivity (Wildman–Crippen MR) is 85.6 cm³/mol. The number of hydrogen-bond acceptors (Lipinski definition) is 8. The van der Waals surface area contributed by atoms with E-state index in [0.29, 0.717) is 12.3 Å². The summed E-state index contributed by atoms with van der Waals surface area (Å²) in [5, 5.41) is 40.2. The molecule has 0 saturated carbocycles. The fraction of sp³-hybridized carbons (Fsp3) is 0.692. The molecule has 0 fully saturated rings. The molecule has 0 aromatic heterocycles. The third-order valence-electron chi connectivity index (χ3n) is 2.27. The second kappa shape index (κ2) is 15.3. The van der Waals surface area contributed by atoms with Crippen molar-refractivity contribution >= 4 is 23.9 Å². The highest BCUT2D eigenvalue weighted by atomic mass is 16.4. The number of aliphatic hydroxyl groups excluding tert-OH is 1. The van der Waals surface area contributed by atoms with Crippen molar-refractivity contribution in [1.29, 1.82) is 0 Å². The third-order valence-corrected chi connectivity index (χ3v) is 2.27. The molecular formula is C13H27N3O9. The summed E-state index contributed by atoms with van der Waals surface area (Å²) in [6, 6.07) is -3.10. The van der Waals surface area contributed by atoms with Crippen LogP contribution in [0.15, 0.2) is 0 Å². The molecule has 25 heavy (non-hydrogen) atoms. The monoisotopic (exact) mass is 369 g/mol. The van der Waals surface area contributed by atoms with E-state index in [2.05, 4.69) is 0 Å². The summed E-state index contributed by atoms with van der Waals surface area (Å²) in [6.45, 7) is 3.39. The number of rotatable bonds is 8. The zero-order valence-electron chi connectivity index (χ0n) is 14.0. The van der Waals surface area contributed by atoms with Gasteiger partial charge in [0.15, 0.2) is 0 Å². The van der Waals surface area contributed by atoms with Gasteiger partial charge >= 0.3 is 23.9 Å². The number of hydrogen-bond donors (Lipinski definition) is 8. The summed E-state index contributed by atoms with van der Waals surface area (Å²) in [4.78, 5) is 39.4. The highest BCUT2D eigenvalue weighted by molar-refractivity contribution is 5.80. The van der Waals surface area contributed by atoms with Gasteiger partial charge in [-0.2, -0.15) is 0 Å². The van der Waals surface area contributed by atoms with Crippen molar-refractivity contribution in [3.05, 3.63) is 0 Å². The number of carboxylic acid groups (broad SMARTS) is 4. The lowest BCUT2D eigenvalue weighted by Gasteiger charge is -2.07. The smallest absolute Gasteiger partial charge is 0.322 e. The predicted octanol–water partition coefficient (Wildman–Crippen LogP) is -2.29. The Balaban J connectivity index is -0.000000293. The van der Waals surface area contributed by atoms with Gasteiger partial charge in [0.2, 0.25) is 0 Å². The molecule has 0 aromatic carbocycles. The lowest BCUT2D eigenvalue weighted by Crippen LogP contribution is -2.33. The first-order valence-electron chi connectivity index (χ1n) is 7.03. The quantitative estimate of drug-likeness (QED) is 0.225. The molecule has 12 heteroatoms. The Bertz CT molecular complexity index is 429. The molecule has 0 saturated heterocycles. The van der Waals surface area contributed by atoms with Crippen molar-refractivity contribution in [3.63, 3.8) is 0 Å². The van der Waals surface area contributed by atoms with Crippen molar-refractivity contribution in [2.24, 2.45) is 23.1 Å². The van der Waals surface area contributed by atoms with E-state index in [1.54, 1.807) is 0 Å². The molecular weight excluding hydrogens is 342 g/mol. The maximum absolute atomic E-state index is 10.1. The number of carboxylic acids is 4. The Hall–Kier alpha value is -2.28. The normalized spacial score (nSPS) is 13.2. The van der Waals surface area contributed by atoms with Crippen LogP contribution in [0.25, 0.3) is 0 Å². The van der Waals surface area contributed by atoms with Crippen molar-refractivity contribution in [2.75, 3.05) is 6.61 Å². The minimum Gasteiger partial charge on any atom is -0.481 e. The van der Waals surface area contributed by atoms with Crippen LogP contribution >= 0.6 is 0 Å². The van der Waals surface area contributed by atoms with Crippen LogP contribution in [0.3, 0.4) is 0 Å². The van der Waals surface area contributed by atoms with Gasteiger partial charge in [-0.05, 0) is 12.3 Å². The van der Waals surface area contributed by atoms with E-state index in [4.69, 9.17) is 42.7 Å². The molecule has 148 valence electrons. The lowest BCUT2D eigenvalue weighted by molar-refractivity contribution is -0.144. The highest BCUT2D eigenvalue weighted by Gasteiger charge is 2.14. The Morgan fingerprint density at radius 3 is 1.20 bits per heavy atom. The fourth-order valence-corrected chi connectivity index (χ4v) is 0.962. The Morgan fingerprint density at radius 2 is 1.12 bits per heavy atom. The lowest BCUT2D eigenvalue weighted by atomic mass is 10.1. The van der Waals surface area contributed by atoms with Gasteiger partial charge in [0.25, 0.3) is 0 Å². The van der Waals surface area contributed by atoms with E-state index in [1.165, 1.54) is 0 Å². The van der Waals surface area contributed by atoms with Crippen LogP contribution < -0.4 is 17.2 Å². The van der Waals surface area contributed by atoms with Gasteiger partial charge in [0.1, 0.15) is 18.1 Å². The van der Waals surface area contributed by atoms with Gasteiger partial charge in [0, 0.05) is 0 Å². The van der Waals surface area contributed by atoms with E-state index in [9.17, 15) is 19.2 Å². The molecule has 11 N–H and O–H groups in total. The molecule has 12 nitrogen and oxygen atoms in total. The van der Waals surface area contributed by atoms with E-state index < -0.39 is 55.0 Å². The van der Waals surface area contributed by atoms with Gasteiger partial charge in [-0.1, -0.05) is 13.8 Å².